The highest BCUT2D eigenvalue weighted by Gasteiger charge is 2.27. The van der Waals surface area contributed by atoms with Crippen molar-refractivity contribution in [3.05, 3.63) is 29.8 Å². The molecule has 3 amide bonds. The van der Waals surface area contributed by atoms with E-state index in [1.165, 1.54) is 0 Å². The second kappa shape index (κ2) is 8.37. The van der Waals surface area contributed by atoms with Gasteiger partial charge < -0.3 is 15.1 Å². The van der Waals surface area contributed by atoms with Crippen LogP contribution in [-0.2, 0) is 11.2 Å². The Morgan fingerprint density at radius 1 is 1.04 bits per heavy atom. The molecule has 0 saturated carbocycles. The van der Waals surface area contributed by atoms with Crippen molar-refractivity contribution >= 4 is 17.6 Å². The number of nitrogens with zero attached hydrogens (tertiary/aromatic N) is 2. The standard InChI is InChI=1S/C20H29N3O2/c1-2-17-7-3-4-8-18(17)21-20(25)23-13-9-16(10-14-23)15-19(24)22-11-5-6-12-22/h3-4,7-8,16H,2,5-6,9-15H2,1H3,(H,21,25). The topological polar surface area (TPSA) is 52.7 Å². The van der Waals surface area contributed by atoms with Crippen LogP contribution in [0.1, 0.15) is 44.6 Å². The van der Waals surface area contributed by atoms with Crippen molar-refractivity contribution in [2.24, 2.45) is 5.92 Å². The van der Waals surface area contributed by atoms with E-state index in [1.54, 1.807) is 0 Å². The third kappa shape index (κ3) is 4.53. The van der Waals surface area contributed by atoms with Gasteiger partial charge in [-0.3, -0.25) is 4.79 Å². The van der Waals surface area contributed by atoms with Gasteiger partial charge in [0.2, 0.25) is 5.91 Å². The maximum Gasteiger partial charge on any atom is 0.321 e. The molecule has 0 spiro atoms. The fourth-order valence-corrected chi connectivity index (χ4v) is 3.83. The summed E-state index contributed by atoms with van der Waals surface area (Å²) in [4.78, 5) is 28.7. The van der Waals surface area contributed by atoms with Gasteiger partial charge in [0.1, 0.15) is 0 Å². The molecule has 0 radical (unpaired) electrons. The van der Waals surface area contributed by atoms with Crippen LogP contribution in [0.5, 0.6) is 0 Å². The molecule has 0 aromatic heterocycles. The minimum Gasteiger partial charge on any atom is -0.343 e. The van der Waals surface area contributed by atoms with Crippen LogP contribution < -0.4 is 5.32 Å². The van der Waals surface area contributed by atoms with Crippen LogP contribution in [0.15, 0.2) is 24.3 Å². The van der Waals surface area contributed by atoms with Crippen molar-refractivity contribution in [1.29, 1.82) is 0 Å². The first-order valence-corrected chi connectivity index (χ1v) is 9.59. The van der Waals surface area contributed by atoms with Crippen LogP contribution >= 0.6 is 0 Å². The van der Waals surface area contributed by atoms with Crippen LogP contribution in [0.3, 0.4) is 0 Å². The molecule has 2 heterocycles. The molecule has 1 N–H and O–H groups in total. The molecule has 2 aliphatic rings. The van der Waals surface area contributed by atoms with Gasteiger partial charge in [-0.05, 0) is 49.7 Å². The number of likely N-dealkylation sites (tertiary alicyclic amines) is 2. The van der Waals surface area contributed by atoms with E-state index >= 15 is 0 Å². The van der Waals surface area contributed by atoms with E-state index in [4.69, 9.17) is 0 Å². The fourth-order valence-electron chi connectivity index (χ4n) is 3.83. The Kier molecular flexibility index (Phi) is 5.95. The van der Waals surface area contributed by atoms with Crippen LogP contribution in [0.4, 0.5) is 10.5 Å². The molecule has 5 nitrogen and oxygen atoms in total. The first-order chi connectivity index (χ1) is 12.2. The predicted molar refractivity (Wildman–Crippen MR) is 99.6 cm³/mol. The van der Waals surface area contributed by atoms with Crippen LogP contribution in [0.2, 0.25) is 0 Å². The van der Waals surface area contributed by atoms with Gasteiger partial charge in [-0.1, -0.05) is 25.1 Å². The monoisotopic (exact) mass is 343 g/mol. The SMILES string of the molecule is CCc1ccccc1NC(=O)N1CCC(CC(=O)N2CCCC2)CC1. The minimum absolute atomic E-state index is 0.0229. The number of anilines is 1. The van der Waals surface area contributed by atoms with Gasteiger partial charge in [0.05, 0.1) is 0 Å². The van der Waals surface area contributed by atoms with Crippen LogP contribution in [-0.4, -0.2) is 47.9 Å². The van der Waals surface area contributed by atoms with Gasteiger partial charge >= 0.3 is 6.03 Å². The van der Waals surface area contributed by atoms with Crippen molar-refractivity contribution in [3.63, 3.8) is 0 Å². The van der Waals surface area contributed by atoms with E-state index < -0.39 is 0 Å². The summed E-state index contributed by atoms with van der Waals surface area (Å²) in [5.41, 5.74) is 2.06. The molecule has 5 heteroatoms. The second-order valence-electron chi connectivity index (χ2n) is 7.16. The van der Waals surface area contributed by atoms with Crippen molar-refractivity contribution in [1.82, 2.24) is 9.80 Å². The quantitative estimate of drug-likeness (QED) is 0.909. The second-order valence-corrected chi connectivity index (χ2v) is 7.16. The number of nitrogens with one attached hydrogen (secondary N) is 1. The molecule has 136 valence electrons. The van der Waals surface area contributed by atoms with E-state index in [9.17, 15) is 9.59 Å². The van der Waals surface area contributed by atoms with Gasteiger partial charge in [-0.2, -0.15) is 0 Å². The summed E-state index contributed by atoms with van der Waals surface area (Å²) in [6.45, 7) is 5.41. The number of hydrogen-bond acceptors (Lipinski definition) is 2. The molecule has 2 saturated heterocycles. The Balaban J connectivity index is 1.46. The number of amides is 3. The number of carbonyl (C=O) groups is 2. The average molecular weight is 343 g/mol. The van der Waals surface area contributed by atoms with Gasteiger partial charge in [-0.15, -0.1) is 0 Å². The zero-order valence-electron chi connectivity index (χ0n) is 15.2. The summed E-state index contributed by atoms with van der Waals surface area (Å²) in [5, 5.41) is 3.04. The number of benzene rings is 1. The fraction of sp³-hybridized carbons (Fsp3) is 0.600. The Labute approximate surface area is 150 Å². The third-order valence-corrected chi connectivity index (χ3v) is 5.46. The maximum absolute atomic E-state index is 12.5. The lowest BCUT2D eigenvalue weighted by molar-refractivity contribution is -0.131. The van der Waals surface area contributed by atoms with Crippen molar-refractivity contribution in [2.75, 3.05) is 31.5 Å². The number of carbonyl (C=O) groups excluding carboxylic acids is 2. The first kappa shape index (κ1) is 17.8. The van der Waals surface area contributed by atoms with Crippen molar-refractivity contribution in [3.8, 4) is 0 Å². The molecule has 3 rings (SSSR count). The normalized spacial score (nSPS) is 18.4. The summed E-state index contributed by atoms with van der Waals surface area (Å²) >= 11 is 0. The number of hydrogen-bond donors (Lipinski definition) is 1. The number of rotatable bonds is 4. The molecule has 25 heavy (non-hydrogen) atoms. The number of para-hydroxylation sites is 1. The van der Waals surface area contributed by atoms with Gasteiger partial charge in [0.15, 0.2) is 0 Å². The summed E-state index contributed by atoms with van der Waals surface area (Å²) in [6, 6.07) is 7.93. The molecule has 0 atom stereocenters. The molecule has 0 aliphatic carbocycles. The zero-order chi connectivity index (χ0) is 17.6. The lowest BCUT2D eigenvalue weighted by atomic mass is 9.93. The highest BCUT2D eigenvalue weighted by atomic mass is 16.2. The van der Waals surface area contributed by atoms with Crippen molar-refractivity contribution in [2.45, 2.75) is 45.4 Å². The minimum atomic E-state index is -0.0229. The zero-order valence-corrected chi connectivity index (χ0v) is 15.2. The average Bonchev–Trinajstić information content (AvgIpc) is 3.17. The lowest BCUT2D eigenvalue weighted by Gasteiger charge is -2.32. The smallest absolute Gasteiger partial charge is 0.321 e. The summed E-state index contributed by atoms with van der Waals surface area (Å²) in [6.07, 6.45) is 5.67. The lowest BCUT2D eigenvalue weighted by Crippen LogP contribution is -2.42. The Morgan fingerprint density at radius 3 is 2.40 bits per heavy atom. The molecule has 0 bridgehead atoms. The molecule has 2 aliphatic heterocycles. The van der Waals surface area contributed by atoms with Crippen LogP contribution in [0, 0.1) is 5.92 Å². The summed E-state index contributed by atoms with van der Waals surface area (Å²) < 4.78 is 0. The van der Waals surface area contributed by atoms with E-state index in [-0.39, 0.29) is 6.03 Å². The largest absolute Gasteiger partial charge is 0.343 e. The molecule has 1 aromatic carbocycles. The molecule has 0 unspecified atom stereocenters. The summed E-state index contributed by atoms with van der Waals surface area (Å²) in [5.74, 6) is 0.720. The number of aryl methyl sites for hydroxylation is 1. The molecular weight excluding hydrogens is 314 g/mol. The Morgan fingerprint density at radius 2 is 1.72 bits per heavy atom. The predicted octanol–water partition coefficient (Wildman–Crippen LogP) is 3.51. The highest BCUT2D eigenvalue weighted by molar-refractivity contribution is 5.90. The number of piperidine rings is 1. The first-order valence-electron chi connectivity index (χ1n) is 9.59. The maximum atomic E-state index is 12.5. The van der Waals surface area contributed by atoms with Crippen molar-refractivity contribution < 1.29 is 9.59 Å². The van der Waals surface area contributed by atoms with E-state index in [2.05, 4.69) is 12.2 Å². The number of urea groups is 1. The van der Waals surface area contributed by atoms with E-state index in [0.717, 1.165) is 69.5 Å². The van der Waals surface area contributed by atoms with Crippen LogP contribution in [0.25, 0.3) is 0 Å². The molecular formula is C20H29N3O2. The van der Waals surface area contributed by atoms with E-state index in [0.29, 0.717) is 18.2 Å². The van der Waals surface area contributed by atoms with E-state index in [1.807, 2.05) is 34.1 Å². The van der Waals surface area contributed by atoms with Gasteiger partial charge in [0, 0.05) is 38.3 Å². The van der Waals surface area contributed by atoms with Gasteiger partial charge in [-0.25, -0.2) is 4.79 Å². The van der Waals surface area contributed by atoms with Gasteiger partial charge in [0.25, 0.3) is 0 Å². The highest BCUT2D eigenvalue weighted by Crippen LogP contribution is 2.24. The third-order valence-electron chi connectivity index (χ3n) is 5.46. The Hall–Kier alpha value is -2.04. The molecule has 1 aromatic rings. The molecule has 2 fully saturated rings. The Bertz CT molecular complexity index is 603. The summed E-state index contributed by atoms with van der Waals surface area (Å²) in [7, 11) is 0.